The molecule has 0 saturated heterocycles. The molecule has 0 bridgehead atoms. The van der Waals surface area contributed by atoms with Gasteiger partial charge in [-0.05, 0) is 66.2 Å². The van der Waals surface area contributed by atoms with Crippen LogP contribution in [0.25, 0.3) is 11.8 Å². The predicted molar refractivity (Wildman–Crippen MR) is 115 cm³/mol. The summed E-state index contributed by atoms with van der Waals surface area (Å²) in [4.78, 5) is 12.3. The van der Waals surface area contributed by atoms with Crippen molar-refractivity contribution in [2.75, 3.05) is 14.2 Å². The first-order valence-electron chi connectivity index (χ1n) is 9.37. The lowest BCUT2D eigenvalue weighted by atomic mass is 10.1. The minimum atomic E-state index is -0.399. The Morgan fingerprint density at radius 3 is 2.20 bits per heavy atom. The van der Waals surface area contributed by atoms with Crippen molar-refractivity contribution in [1.82, 2.24) is 0 Å². The quantitative estimate of drug-likeness (QED) is 0.405. The summed E-state index contributed by atoms with van der Waals surface area (Å²) in [6.07, 6.45) is 3.48. The Balaban J connectivity index is 1.54. The molecule has 0 N–H and O–H groups in total. The number of rotatable bonds is 6. The maximum absolute atomic E-state index is 12.3. The van der Waals surface area contributed by atoms with Crippen LogP contribution in [-0.2, 0) is 9.53 Å². The van der Waals surface area contributed by atoms with E-state index in [0.29, 0.717) is 28.6 Å². The second-order valence-electron chi connectivity index (χ2n) is 6.55. The maximum atomic E-state index is 12.3. The Morgan fingerprint density at radius 2 is 1.50 bits per heavy atom. The number of benzene rings is 3. The molecular weight excluding hydrogens is 380 g/mol. The number of carbonyl (C=O) groups is 1. The molecule has 5 heteroatoms. The number of hydrogen-bond donors (Lipinski definition) is 0. The van der Waals surface area contributed by atoms with Gasteiger partial charge in [0.05, 0.1) is 19.8 Å². The van der Waals surface area contributed by atoms with Gasteiger partial charge in [-0.3, -0.25) is 0 Å². The van der Waals surface area contributed by atoms with Crippen molar-refractivity contribution >= 4 is 17.8 Å². The van der Waals surface area contributed by atoms with Crippen molar-refractivity contribution in [3.05, 3.63) is 95.6 Å². The van der Waals surface area contributed by atoms with Crippen LogP contribution in [0.5, 0.6) is 23.0 Å². The highest BCUT2D eigenvalue weighted by molar-refractivity contribution is 6.05. The van der Waals surface area contributed by atoms with E-state index < -0.39 is 5.97 Å². The summed E-state index contributed by atoms with van der Waals surface area (Å²) in [7, 11) is 3.15. The Bertz CT molecular complexity index is 1110. The minimum absolute atomic E-state index is 0.399. The second-order valence-corrected chi connectivity index (χ2v) is 6.55. The molecule has 3 aromatic rings. The third-order valence-electron chi connectivity index (χ3n) is 4.57. The Morgan fingerprint density at radius 1 is 0.800 bits per heavy atom. The van der Waals surface area contributed by atoms with Gasteiger partial charge in [0.1, 0.15) is 17.3 Å². The Kier molecular flexibility index (Phi) is 5.52. The molecule has 0 amide bonds. The Hall–Kier alpha value is -3.99. The molecule has 0 radical (unpaired) electrons. The summed E-state index contributed by atoms with van der Waals surface area (Å²) in [6, 6.07) is 22.4. The summed E-state index contributed by atoms with van der Waals surface area (Å²) in [6.45, 7) is 0. The second kappa shape index (κ2) is 8.57. The molecule has 4 rings (SSSR count). The molecule has 1 heterocycles. The lowest BCUT2D eigenvalue weighted by Gasteiger charge is -2.07. The highest BCUT2D eigenvalue weighted by Crippen LogP contribution is 2.32. The zero-order valence-electron chi connectivity index (χ0n) is 16.6. The third kappa shape index (κ3) is 4.20. The minimum Gasteiger partial charge on any atom is -0.493 e. The first-order valence-corrected chi connectivity index (χ1v) is 9.37. The van der Waals surface area contributed by atoms with Crippen molar-refractivity contribution in [3.63, 3.8) is 0 Å². The van der Waals surface area contributed by atoms with Gasteiger partial charge in [0.15, 0.2) is 11.5 Å². The first kappa shape index (κ1) is 19.3. The van der Waals surface area contributed by atoms with Crippen LogP contribution in [0.3, 0.4) is 0 Å². The molecule has 0 unspecified atom stereocenters. The van der Waals surface area contributed by atoms with Crippen LogP contribution in [0, 0.1) is 0 Å². The molecule has 0 saturated carbocycles. The fourth-order valence-corrected chi connectivity index (χ4v) is 3.07. The number of esters is 1. The topological polar surface area (TPSA) is 54.0 Å². The number of carbonyl (C=O) groups excluding carboxylic acids is 1. The first-order chi connectivity index (χ1) is 14.7. The van der Waals surface area contributed by atoms with E-state index in [2.05, 4.69) is 0 Å². The van der Waals surface area contributed by atoms with Crippen LogP contribution in [0.2, 0.25) is 0 Å². The van der Waals surface area contributed by atoms with Gasteiger partial charge in [0, 0.05) is 5.56 Å². The van der Waals surface area contributed by atoms with Crippen molar-refractivity contribution in [3.8, 4) is 23.0 Å². The number of methoxy groups -OCH3 is 2. The maximum Gasteiger partial charge on any atom is 0.343 e. The van der Waals surface area contributed by atoms with Gasteiger partial charge in [-0.1, -0.05) is 24.3 Å². The van der Waals surface area contributed by atoms with Gasteiger partial charge in [-0.25, -0.2) is 4.79 Å². The molecule has 5 nitrogen and oxygen atoms in total. The van der Waals surface area contributed by atoms with Crippen LogP contribution in [-0.4, -0.2) is 20.2 Å². The summed E-state index contributed by atoms with van der Waals surface area (Å²) < 4.78 is 21.8. The van der Waals surface area contributed by atoms with Gasteiger partial charge in [-0.2, -0.15) is 0 Å². The standard InChI is InChI=1S/C25H20O5/c1-27-22-13-8-17(15-24(22)28-2)14-19-16-23(30-25(19)26)18-9-11-21(12-10-18)29-20-6-4-3-5-7-20/h3-16H,1-2H3/b19-14-. The van der Waals surface area contributed by atoms with E-state index in [1.165, 1.54) is 0 Å². The van der Waals surface area contributed by atoms with E-state index in [-0.39, 0.29) is 0 Å². The average Bonchev–Trinajstić information content (AvgIpc) is 3.15. The number of hydrogen-bond acceptors (Lipinski definition) is 5. The molecule has 150 valence electrons. The van der Waals surface area contributed by atoms with E-state index in [1.54, 1.807) is 38.5 Å². The van der Waals surface area contributed by atoms with Gasteiger partial charge in [0.25, 0.3) is 0 Å². The molecule has 0 atom stereocenters. The third-order valence-corrected chi connectivity index (χ3v) is 4.57. The molecule has 0 spiro atoms. The predicted octanol–water partition coefficient (Wildman–Crippen LogP) is 5.48. The normalized spacial score (nSPS) is 14.3. The van der Waals surface area contributed by atoms with E-state index in [9.17, 15) is 4.79 Å². The molecule has 0 aliphatic carbocycles. The van der Waals surface area contributed by atoms with Crippen molar-refractivity contribution in [1.29, 1.82) is 0 Å². The van der Waals surface area contributed by atoms with Crippen LogP contribution >= 0.6 is 0 Å². The molecule has 30 heavy (non-hydrogen) atoms. The molecule has 1 aliphatic heterocycles. The average molecular weight is 400 g/mol. The number of ether oxygens (including phenoxy) is 4. The van der Waals surface area contributed by atoms with Gasteiger partial charge < -0.3 is 18.9 Å². The molecule has 0 aromatic heterocycles. The number of para-hydroxylation sites is 1. The summed E-state index contributed by atoms with van der Waals surface area (Å²) in [5.74, 6) is 2.79. The largest absolute Gasteiger partial charge is 0.493 e. The van der Waals surface area contributed by atoms with E-state index in [4.69, 9.17) is 18.9 Å². The molecular formula is C25H20O5. The number of cyclic esters (lactones) is 1. The smallest absolute Gasteiger partial charge is 0.343 e. The zero-order chi connectivity index (χ0) is 20.9. The van der Waals surface area contributed by atoms with E-state index in [1.807, 2.05) is 60.7 Å². The van der Waals surface area contributed by atoms with Gasteiger partial charge in [-0.15, -0.1) is 0 Å². The summed E-state index contributed by atoms with van der Waals surface area (Å²) in [5, 5.41) is 0. The monoisotopic (exact) mass is 400 g/mol. The summed E-state index contributed by atoms with van der Waals surface area (Å²) >= 11 is 0. The van der Waals surface area contributed by atoms with Crippen molar-refractivity contribution in [2.24, 2.45) is 0 Å². The highest BCUT2D eigenvalue weighted by atomic mass is 16.5. The molecule has 1 aliphatic rings. The van der Waals surface area contributed by atoms with Crippen LogP contribution in [0.4, 0.5) is 0 Å². The lowest BCUT2D eigenvalue weighted by molar-refractivity contribution is -0.130. The van der Waals surface area contributed by atoms with Crippen molar-refractivity contribution < 1.29 is 23.7 Å². The fourth-order valence-electron chi connectivity index (χ4n) is 3.07. The SMILES string of the molecule is COc1ccc(/C=C2/C=C(c3ccc(Oc4ccccc4)cc3)OC2=O)cc1OC. The Labute approximate surface area is 174 Å². The molecule has 0 fully saturated rings. The van der Waals surface area contributed by atoms with Gasteiger partial charge in [0.2, 0.25) is 0 Å². The highest BCUT2D eigenvalue weighted by Gasteiger charge is 2.22. The van der Waals surface area contributed by atoms with Crippen LogP contribution in [0.1, 0.15) is 11.1 Å². The van der Waals surface area contributed by atoms with E-state index in [0.717, 1.165) is 16.9 Å². The van der Waals surface area contributed by atoms with Crippen molar-refractivity contribution in [2.45, 2.75) is 0 Å². The molecule has 3 aromatic carbocycles. The van der Waals surface area contributed by atoms with Crippen LogP contribution in [0.15, 0.2) is 84.4 Å². The van der Waals surface area contributed by atoms with E-state index >= 15 is 0 Å². The zero-order valence-corrected chi connectivity index (χ0v) is 16.6. The lowest BCUT2D eigenvalue weighted by Crippen LogP contribution is -1.97. The van der Waals surface area contributed by atoms with Crippen LogP contribution < -0.4 is 14.2 Å². The fraction of sp³-hybridized carbons (Fsp3) is 0.0800. The summed E-state index contributed by atoms with van der Waals surface area (Å²) in [5.41, 5.74) is 2.06. The van der Waals surface area contributed by atoms with Gasteiger partial charge >= 0.3 is 5.97 Å².